The maximum Gasteiger partial charge on any atom is 0.248 e. The number of aryl methyl sites for hydroxylation is 1. The zero-order valence-corrected chi connectivity index (χ0v) is 15.9. The van der Waals surface area contributed by atoms with Gasteiger partial charge in [-0.3, -0.25) is 9.59 Å². The van der Waals surface area contributed by atoms with Gasteiger partial charge in [0.25, 0.3) is 0 Å². The molecule has 140 valence electrons. The number of ketones is 1. The van der Waals surface area contributed by atoms with Crippen LogP contribution in [0.15, 0.2) is 48.7 Å². The number of hydrogen-bond acceptors (Lipinski definition) is 5. The van der Waals surface area contributed by atoms with E-state index in [1.165, 1.54) is 11.3 Å². The molecule has 4 heterocycles. The first-order valence-corrected chi connectivity index (χ1v) is 9.85. The molecule has 1 N–H and O–H groups in total. The largest absolute Gasteiger partial charge is 0.333 e. The predicted octanol–water partition coefficient (Wildman–Crippen LogP) is 3.75. The zero-order valence-electron chi connectivity index (χ0n) is 15.1. The first kappa shape index (κ1) is 16.9. The second-order valence-electron chi connectivity index (χ2n) is 6.81. The number of hydrogen-bond donors (Lipinski definition) is 1. The van der Waals surface area contributed by atoms with E-state index in [0.717, 1.165) is 15.9 Å². The van der Waals surface area contributed by atoms with Crippen molar-refractivity contribution in [3.05, 3.63) is 60.0 Å². The number of aromatic nitrogens is 4. The number of para-hydroxylation sites is 1. The highest BCUT2D eigenvalue weighted by atomic mass is 32.1. The van der Waals surface area contributed by atoms with Gasteiger partial charge in [0, 0.05) is 18.7 Å². The Kier molecular flexibility index (Phi) is 3.87. The van der Waals surface area contributed by atoms with Gasteiger partial charge in [0.2, 0.25) is 11.0 Å². The van der Waals surface area contributed by atoms with Gasteiger partial charge < -0.3 is 9.88 Å². The molecule has 1 aliphatic heterocycles. The first-order chi connectivity index (χ1) is 13.6. The third-order valence-electron chi connectivity index (χ3n) is 4.89. The second kappa shape index (κ2) is 6.42. The van der Waals surface area contributed by atoms with Crippen LogP contribution >= 0.6 is 11.3 Å². The van der Waals surface area contributed by atoms with Gasteiger partial charge in [-0.2, -0.15) is 9.78 Å². The molecule has 7 nitrogen and oxygen atoms in total. The normalized spacial score (nSPS) is 16.3. The molecule has 0 saturated carbocycles. The van der Waals surface area contributed by atoms with Gasteiger partial charge in [-0.05, 0) is 37.6 Å². The minimum absolute atomic E-state index is 0.0735. The topological polar surface area (TPSA) is 81.8 Å². The monoisotopic (exact) mass is 391 g/mol. The van der Waals surface area contributed by atoms with Gasteiger partial charge in [-0.15, -0.1) is 0 Å². The van der Waals surface area contributed by atoms with Crippen LogP contribution in [0.2, 0.25) is 0 Å². The van der Waals surface area contributed by atoms with E-state index in [0.29, 0.717) is 29.5 Å². The Morgan fingerprint density at radius 1 is 1.25 bits per heavy atom. The molecule has 4 aromatic rings. The number of benzene rings is 1. The Labute approximate surface area is 164 Å². The molecule has 0 bridgehead atoms. The van der Waals surface area contributed by atoms with Crippen molar-refractivity contribution in [3.8, 4) is 5.13 Å². The molecule has 3 aromatic heterocycles. The lowest BCUT2D eigenvalue weighted by atomic mass is 10.0. The molecule has 8 heteroatoms. The second-order valence-corrected chi connectivity index (χ2v) is 7.82. The maximum absolute atomic E-state index is 13.0. The Bertz CT molecular complexity index is 1190. The fourth-order valence-electron chi connectivity index (χ4n) is 3.59. The molecular weight excluding hydrogens is 374 g/mol. The number of carbonyl (C=O) groups excluding carboxylic acids is 2. The van der Waals surface area contributed by atoms with E-state index >= 15 is 0 Å². The molecule has 0 radical (unpaired) electrons. The number of anilines is 1. The number of rotatable bonds is 3. The summed E-state index contributed by atoms with van der Waals surface area (Å²) in [5.74, 6) is 0.490. The van der Waals surface area contributed by atoms with Crippen molar-refractivity contribution in [2.75, 3.05) is 5.32 Å². The molecule has 1 atom stereocenters. The molecular formula is C20H17N5O2S. The van der Waals surface area contributed by atoms with Gasteiger partial charge >= 0.3 is 0 Å². The predicted molar refractivity (Wildman–Crippen MR) is 107 cm³/mol. The van der Waals surface area contributed by atoms with Crippen LogP contribution in [0.4, 0.5) is 5.82 Å². The van der Waals surface area contributed by atoms with Crippen LogP contribution in [-0.4, -0.2) is 31.0 Å². The van der Waals surface area contributed by atoms with Crippen molar-refractivity contribution in [2.45, 2.75) is 25.8 Å². The average molecular weight is 391 g/mol. The number of thiazole rings is 1. The number of Topliss-reactive ketones (excluding diaryl/α,β-unsaturated/α-hetero) is 1. The van der Waals surface area contributed by atoms with E-state index in [2.05, 4.69) is 15.4 Å². The van der Waals surface area contributed by atoms with Crippen molar-refractivity contribution in [3.63, 3.8) is 0 Å². The number of nitrogens with one attached hydrogen (secondary N) is 1. The van der Waals surface area contributed by atoms with Crippen molar-refractivity contribution >= 4 is 39.1 Å². The highest BCUT2D eigenvalue weighted by Crippen LogP contribution is 2.29. The van der Waals surface area contributed by atoms with Gasteiger partial charge in [-0.1, -0.05) is 23.5 Å². The van der Waals surface area contributed by atoms with Crippen LogP contribution in [0.25, 0.3) is 15.3 Å². The van der Waals surface area contributed by atoms with Gasteiger partial charge in [-0.25, -0.2) is 4.98 Å². The highest BCUT2D eigenvalue weighted by Gasteiger charge is 2.30. The molecule has 1 aromatic carbocycles. The smallest absolute Gasteiger partial charge is 0.248 e. The summed E-state index contributed by atoms with van der Waals surface area (Å²) in [6.07, 6.45) is 2.64. The fourth-order valence-corrected chi connectivity index (χ4v) is 4.52. The molecule has 0 aliphatic carbocycles. The van der Waals surface area contributed by atoms with E-state index in [4.69, 9.17) is 0 Å². The summed E-state index contributed by atoms with van der Waals surface area (Å²) in [7, 11) is 0. The lowest BCUT2D eigenvalue weighted by Gasteiger charge is -2.24. The Morgan fingerprint density at radius 2 is 2.11 bits per heavy atom. The van der Waals surface area contributed by atoms with E-state index in [9.17, 15) is 9.59 Å². The van der Waals surface area contributed by atoms with Gasteiger partial charge in [0.1, 0.15) is 11.9 Å². The standard InChI is InChI=1S/C20H17N5O2S/c1-12-11-18(25(23-12)20-21-13-5-2-3-7-17(13)28-20)22-19(27)15-8-9-16(26)14-6-4-10-24(14)15/h2-7,10-11,15H,8-9H2,1H3,(H,22,27). The van der Waals surface area contributed by atoms with E-state index in [1.807, 2.05) is 37.3 Å². The van der Waals surface area contributed by atoms with Crippen molar-refractivity contribution < 1.29 is 9.59 Å². The summed E-state index contributed by atoms with van der Waals surface area (Å²) in [4.78, 5) is 29.7. The number of carbonyl (C=O) groups is 2. The van der Waals surface area contributed by atoms with E-state index < -0.39 is 6.04 Å². The van der Waals surface area contributed by atoms with Gasteiger partial charge in [0.15, 0.2) is 5.78 Å². The first-order valence-electron chi connectivity index (χ1n) is 9.04. The van der Waals surface area contributed by atoms with Gasteiger partial charge in [0.05, 0.1) is 21.6 Å². The van der Waals surface area contributed by atoms with Crippen molar-refractivity contribution in [1.29, 1.82) is 0 Å². The summed E-state index contributed by atoms with van der Waals surface area (Å²) in [5.41, 5.74) is 2.27. The summed E-state index contributed by atoms with van der Waals surface area (Å²) in [5, 5.41) is 8.19. The minimum Gasteiger partial charge on any atom is -0.333 e. The summed E-state index contributed by atoms with van der Waals surface area (Å²) < 4.78 is 4.49. The van der Waals surface area contributed by atoms with Crippen LogP contribution in [0, 0.1) is 6.92 Å². The fraction of sp³-hybridized carbons (Fsp3) is 0.200. The zero-order chi connectivity index (χ0) is 19.3. The average Bonchev–Trinajstić information content (AvgIpc) is 3.39. The highest BCUT2D eigenvalue weighted by molar-refractivity contribution is 7.20. The molecule has 5 rings (SSSR count). The molecule has 1 amide bonds. The van der Waals surface area contributed by atoms with Crippen LogP contribution in [0.3, 0.4) is 0 Å². The van der Waals surface area contributed by atoms with Crippen LogP contribution in [-0.2, 0) is 4.79 Å². The maximum atomic E-state index is 13.0. The summed E-state index contributed by atoms with van der Waals surface area (Å²) in [6, 6.07) is 12.9. The molecule has 0 spiro atoms. The lowest BCUT2D eigenvalue weighted by Crippen LogP contribution is -2.32. The Balaban J connectivity index is 1.47. The lowest BCUT2D eigenvalue weighted by molar-refractivity contribution is -0.119. The van der Waals surface area contributed by atoms with Crippen LogP contribution < -0.4 is 5.32 Å². The molecule has 0 saturated heterocycles. The van der Waals surface area contributed by atoms with Crippen molar-refractivity contribution in [2.24, 2.45) is 0 Å². The SMILES string of the molecule is Cc1cc(NC(=O)C2CCC(=O)c3cccn32)n(-c2nc3ccccc3s2)n1. The third kappa shape index (κ3) is 2.73. The molecule has 28 heavy (non-hydrogen) atoms. The van der Waals surface area contributed by atoms with Crippen LogP contribution in [0.5, 0.6) is 0 Å². The number of fused-ring (bicyclic) bond motifs is 2. The molecule has 1 unspecified atom stereocenters. The molecule has 1 aliphatic rings. The Hall–Kier alpha value is -3.26. The third-order valence-corrected chi connectivity index (χ3v) is 5.91. The van der Waals surface area contributed by atoms with Crippen molar-refractivity contribution in [1.82, 2.24) is 19.3 Å². The summed E-state index contributed by atoms with van der Waals surface area (Å²) in [6.45, 7) is 1.88. The Morgan fingerprint density at radius 3 is 2.96 bits per heavy atom. The van der Waals surface area contributed by atoms with E-state index in [-0.39, 0.29) is 11.7 Å². The minimum atomic E-state index is -0.415. The summed E-state index contributed by atoms with van der Waals surface area (Å²) >= 11 is 1.52. The van der Waals surface area contributed by atoms with E-state index in [1.54, 1.807) is 27.6 Å². The van der Waals surface area contributed by atoms with Crippen LogP contribution in [0.1, 0.15) is 35.1 Å². The quantitative estimate of drug-likeness (QED) is 0.577. The number of nitrogens with zero attached hydrogens (tertiary/aromatic N) is 4. The molecule has 0 fully saturated rings. The number of amides is 1.